The first kappa shape index (κ1) is 40.9. The number of rotatable bonds is 5. The molecule has 52 heavy (non-hydrogen) atoms. The molecule has 7 rings (SSSR count). The van der Waals surface area contributed by atoms with Gasteiger partial charge >= 0.3 is 304 Å². The quantitative estimate of drug-likeness (QED) is 0.267. The fraction of sp³-hybridized carbons (Fsp3) is 0.413. The molecule has 6 heteroatoms. The molecule has 0 spiro atoms. The Kier molecular flexibility index (Phi) is 10.4. The molecule has 0 aliphatic heterocycles. The summed E-state index contributed by atoms with van der Waals surface area (Å²) < 4.78 is 50.2. The first-order chi connectivity index (χ1) is 23.1. The summed E-state index contributed by atoms with van der Waals surface area (Å²) in [5, 5.41) is 0. The van der Waals surface area contributed by atoms with Gasteiger partial charge < -0.3 is 24.8 Å². The van der Waals surface area contributed by atoms with Crippen LogP contribution >= 0.6 is 0 Å². The maximum absolute atomic E-state index is 14.1. The molecule has 0 nitrogen and oxygen atoms in total. The standard InChI is InChI=1S/C25H25.C13H21.C7H4F3.CH2.2ClH.Zr/c1-14-12-24(3,4)22-8-16-7-17-9-23-19(15(2)13-25(23,5)6)11-21(17)20(16)10-18(14)22;1-6-10-8-11(7-2)12(9-10)13(3,4)5;8-7(9,10)6-4-2-1-3-5-6;;;;/h7-13H,1-6H3;9-10H,6-7H2,1-5H3;2-5H;1H2;2*1H;/q;;;;;;+2/p-2. The van der Waals surface area contributed by atoms with Gasteiger partial charge in [-0.1, -0.05) is 0 Å². The van der Waals surface area contributed by atoms with Crippen LogP contribution in [0.15, 0.2) is 81.2 Å². The molecule has 4 aliphatic carbocycles. The second-order valence-electron chi connectivity index (χ2n) is 17.6. The number of hydrogen-bond donors (Lipinski definition) is 0. The fourth-order valence-corrected chi connectivity index (χ4v) is 22.6. The number of allylic oxidation sites excluding steroid dienone is 8. The van der Waals surface area contributed by atoms with Crippen LogP contribution in [0.25, 0.3) is 22.3 Å². The zero-order chi connectivity index (χ0) is 36.5. The van der Waals surface area contributed by atoms with Crippen molar-refractivity contribution in [1.29, 1.82) is 0 Å². The molecular weight excluding hydrogens is 772 g/mol. The molecule has 275 valence electrons. The maximum Gasteiger partial charge on any atom is -1.00 e. The Morgan fingerprint density at radius 1 is 0.731 bits per heavy atom. The van der Waals surface area contributed by atoms with Gasteiger partial charge in [-0.05, 0) is 0 Å². The van der Waals surface area contributed by atoms with Crippen LogP contribution in [0.2, 0.25) is 0 Å². The maximum atomic E-state index is 14.1. The van der Waals surface area contributed by atoms with Crippen molar-refractivity contribution in [3.05, 3.63) is 120 Å². The Balaban J connectivity index is 0.00000261. The van der Waals surface area contributed by atoms with E-state index < -0.39 is 31.5 Å². The van der Waals surface area contributed by atoms with E-state index in [-0.39, 0.29) is 50.6 Å². The van der Waals surface area contributed by atoms with Crippen molar-refractivity contribution in [2.24, 2.45) is 11.3 Å². The topological polar surface area (TPSA) is 0 Å². The Hall–Kier alpha value is -2.26. The summed E-state index contributed by atoms with van der Waals surface area (Å²) >= 11 is -4.31. The van der Waals surface area contributed by atoms with Gasteiger partial charge in [-0.15, -0.1) is 0 Å². The molecule has 2 atom stereocenters. The summed E-state index contributed by atoms with van der Waals surface area (Å²) in [6, 6.07) is 16.1. The molecule has 0 fully saturated rings. The second kappa shape index (κ2) is 13.2. The van der Waals surface area contributed by atoms with Crippen molar-refractivity contribution < 1.29 is 57.8 Å². The molecule has 2 unspecified atom stereocenters. The largest absolute Gasteiger partial charge is 1.00 e. The predicted octanol–water partition coefficient (Wildman–Crippen LogP) is 6.76. The average Bonchev–Trinajstić information content (AvgIpc) is 3.70. The van der Waals surface area contributed by atoms with Crippen LogP contribution < -0.4 is 28.1 Å². The van der Waals surface area contributed by atoms with Crippen LogP contribution in [0, 0.1) is 11.3 Å². The number of fused-ring (bicyclic) bond motifs is 5. The minimum absolute atomic E-state index is 0. The van der Waals surface area contributed by atoms with Crippen molar-refractivity contribution in [3.63, 3.8) is 0 Å². The van der Waals surface area contributed by atoms with Crippen molar-refractivity contribution in [2.75, 3.05) is 0 Å². The van der Waals surface area contributed by atoms with E-state index in [9.17, 15) is 13.2 Å². The SMILES string of the molecule is [CH2]=[Zr+2]([C]1=C(CC)C(C(C)(C)C)=CC1CC)([c]1ccc(C(F)(F)F)cc1)[CH]1c2cc3c(cc2-c2cc4c(cc21)C(C)(C)C=C4C)C(C)=CC3(C)C.[Cl-].[Cl-]. The molecule has 4 aliphatic rings. The average molecular weight is 824 g/mol. The fourth-order valence-electron chi connectivity index (χ4n) is 10.2. The van der Waals surface area contributed by atoms with Crippen LogP contribution in [0.3, 0.4) is 0 Å². The zero-order valence-corrected chi connectivity index (χ0v) is 36.5. The number of hydrogen-bond acceptors (Lipinski definition) is 0. The van der Waals surface area contributed by atoms with Crippen molar-refractivity contribution in [3.8, 4) is 11.1 Å². The van der Waals surface area contributed by atoms with Crippen LogP contribution in [0.5, 0.6) is 0 Å². The molecule has 0 radical (unpaired) electrons. The van der Waals surface area contributed by atoms with Gasteiger partial charge in [0.15, 0.2) is 0 Å². The summed E-state index contributed by atoms with van der Waals surface area (Å²) in [6.45, 7) is 25.1. The molecule has 0 bridgehead atoms. The number of benzene rings is 3. The third kappa shape index (κ3) is 6.01. The monoisotopic (exact) mass is 821 g/mol. The Morgan fingerprint density at radius 3 is 1.58 bits per heavy atom. The molecule has 0 amide bonds. The third-order valence-corrected chi connectivity index (χ3v) is 23.7. The first-order valence-corrected chi connectivity index (χ1v) is 24.0. The molecule has 0 N–H and O–H groups in total. The molecule has 0 saturated heterocycles. The van der Waals surface area contributed by atoms with E-state index in [4.69, 9.17) is 4.21 Å². The Morgan fingerprint density at radius 2 is 1.19 bits per heavy atom. The number of alkyl halides is 3. The molecule has 3 aromatic carbocycles. The summed E-state index contributed by atoms with van der Waals surface area (Å²) in [5.74, 6) is 0.215. The van der Waals surface area contributed by atoms with Gasteiger partial charge in [-0.25, -0.2) is 0 Å². The van der Waals surface area contributed by atoms with E-state index in [0.717, 1.165) is 16.1 Å². The van der Waals surface area contributed by atoms with Gasteiger partial charge in [-0.3, -0.25) is 0 Å². The third-order valence-electron chi connectivity index (χ3n) is 12.4. The van der Waals surface area contributed by atoms with E-state index in [1.807, 2.05) is 12.1 Å². The normalized spacial score (nSPS) is 20.3. The van der Waals surface area contributed by atoms with Crippen LogP contribution in [0.4, 0.5) is 13.2 Å². The summed E-state index contributed by atoms with van der Waals surface area (Å²) in [4.78, 5) is 0. The minimum atomic E-state index is -4.40. The summed E-state index contributed by atoms with van der Waals surface area (Å²) in [7, 11) is 0. The van der Waals surface area contributed by atoms with Crippen LogP contribution in [-0.4, -0.2) is 4.21 Å². The van der Waals surface area contributed by atoms with Gasteiger partial charge in [-0.2, -0.15) is 0 Å². The van der Waals surface area contributed by atoms with Crippen LogP contribution in [-0.2, 0) is 36.8 Å². The van der Waals surface area contributed by atoms with E-state index in [2.05, 4.69) is 119 Å². The van der Waals surface area contributed by atoms with E-state index in [1.54, 1.807) is 0 Å². The van der Waals surface area contributed by atoms with Gasteiger partial charge in [0.05, 0.1) is 0 Å². The predicted molar refractivity (Wildman–Crippen MR) is 204 cm³/mol. The summed E-state index contributed by atoms with van der Waals surface area (Å²) in [5.41, 5.74) is 15.0. The molecule has 0 heterocycles. The molecule has 0 saturated carbocycles. The Bertz CT molecular complexity index is 2060. The van der Waals surface area contributed by atoms with Gasteiger partial charge in [0.25, 0.3) is 0 Å². The smallest absolute Gasteiger partial charge is 1.00 e. The van der Waals surface area contributed by atoms with Gasteiger partial charge in [0.2, 0.25) is 0 Å². The zero-order valence-electron chi connectivity index (χ0n) is 32.5. The van der Waals surface area contributed by atoms with Crippen molar-refractivity contribution >= 4 is 18.6 Å². The van der Waals surface area contributed by atoms with E-state index in [1.165, 1.54) is 82.2 Å². The van der Waals surface area contributed by atoms with Crippen molar-refractivity contribution in [1.82, 2.24) is 0 Å². The summed E-state index contributed by atoms with van der Waals surface area (Å²) in [6.07, 6.45) is 4.71. The van der Waals surface area contributed by atoms with E-state index in [0.29, 0.717) is 0 Å². The van der Waals surface area contributed by atoms with Gasteiger partial charge in [0.1, 0.15) is 0 Å². The number of halogens is 5. The minimum Gasteiger partial charge on any atom is -1.00 e. The molecular formula is C46H52Cl2F3Zr. The van der Waals surface area contributed by atoms with Gasteiger partial charge in [0, 0.05) is 0 Å². The molecule has 0 aromatic heterocycles. The Labute approximate surface area is 326 Å². The second-order valence-corrected chi connectivity index (χ2v) is 26.6. The van der Waals surface area contributed by atoms with E-state index >= 15 is 0 Å². The molecule has 3 aromatic rings. The van der Waals surface area contributed by atoms with Crippen LogP contribution in [0.1, 0.15) is 132 Å². The first-order valence-electron chi connectivity index (χ1n) is 18.4. The van der Waals surface area contributed by atoms with Crippen molar-refractivity contribution in [2.45, 2.75) is 110 Å².